The normalized spacial score (nSPS) is 24.3. The lowest BCUT2D eigenvalue weighted by atomic mass is 10.3. The summed E-state index contributed by atoms with van der Waals surface area (Å²) in [5.74, 6) is -1.12. The second-order valence-corrected chi connectivity index (χ2v) is 3.53. The van der Waals surface area contributed by atoms with E-state index in [4.69, 9.17) is 5.73 Å². The Kier molecular flexibility index (Phi) is 1.76. The van der Waals surface area contributed by atoms with Crippen LogP contribution in [0.1, 0.15) is 12.8 Å². The van der Waals surface area contributed by atoms with Crippen LogP contribution in [0.4, 0.5) is 4.39 Å². The van der Waals surface area contributed by atoms with Crippen LogP contribution in [-0.4, -0.2) is 35.6 Å². The molecule has 0 spiro atoms. The molecule has 2 N–H and O–H groups in total. The van der Waals surface area contributed by atoms with E-state index in [1.165, 1.54) is 5.01 Å². The van der Waals surface area contributed by atoms with Crippen LogP contribution in [0.25, 0.3) is 0 Å². The summed E-state index contributed by atoms with van der Waals surface area (Å²) in [6.07, 6.45) is 1.98. The number of halogens is 1. The highest BCUT2D eigenvalue weighted by molar-refractivity contribution is 5.93. The Morgan fingerprint density at radius 1 is 1.62 bits per heavy atom. The maximum absolute atomic E-state index is 13.5. The molecule has 0 aromatic carbocycles. The van der Waals surface area contributed by atoms with Gasteiger partial charge in [-0.1, -0.05) is 0 Å². The highest BCUT2D eigenvalue weighted by Crippen LogP contribution is 2.35. The van der Waals surface area contributed by atoms with Crippen molar-refractivity contribution >= 4 is 5.91 Å². The molecule has 2 rings (SSSR count). The first-order chi connectivity index (χ1) is 6.11. The lowest BCUT2D eigenvalue weighted by Gasteiger charge is -2.25. The molecule has 1 amide bonds. The Labute approximate surface area is 75.7 Å². The molecule has 1 aliphatic heterocycles. The molecule has 1 fully saturated rings. The van der Waals surface area contributed by atoms with Crippen molar-refractivity contribution in [2.75, 3.05) is 13.6 Å². The molecule has 1 heterocycles. The van der Waals surface area contributed by atoms with Crippen molar-refractivity contribution in [2.45, 2.75) is 18.9 Å². The molecule has 1 saturated carbocycles. The molecule has 0 saturated heterocycles. The van der Waals surface area contributed by atoms with E-state index in [1.54, 1.807) is 12.1 Å². The number of hydrogen-bond acceptors (Lipinski definition) is 3. The molecule has 4 nitrogen and oxygen atoms in total. The van der Waals surface area contributed by atoms with Crippen LogP contribution in [0.2, 0.25) is 0 Å². The number of primary amides is 1. The molecular weight excluding hydrogens is 173 g/mol. The van der Waals surface area contributed by atoms with Gasteiger partial charge in [0.2, 0.25) is 5.95 Å². The summed E-state index contributed by atoms with van der Waals surface area (Å²) in [6.45, 7) is 0.289. The van der Waals surface area contributed by atoms with Gasteiger partial charge < -0.3 is 5.73 Å². The van der Waals surface area contributed by atoms with Gasteiger partial charge in [0, 0.05) is 13.1 Å². The first kappa shape index (κ1) is 8.50. The monoisotopic (exact) mass is 185 g/mol. The second-order valence-electron chi connectivity index (χ2n) is 3.53. The van der Waals surface area contributed by atoms with Gasteiger partial charge in [0.05, 0.1) is 12.1 Å². The zero-order chi connectivity index (χ0) is 9.59. The van der Waals surface area contributed by atoms with Gasteiger partial charge in [-0.3, -0.25) is 9.80 Å². The van der Waals surface area contributed by atoms with Gasteiger partial charge in [-0.2, -0.15) is 4.39 Å². The maximum Gasteiger partial charge on any atom is 0.250 e. The summed E-state index contributed by atoms with van der Waals surface area (Å²) in [5.41, 5.74) is 5.14. The van der Waals surface area contributed by atoms with Gasteiger partial charge in [0.25, 0.3) is 5.91 Å². The number of nitrogens with zero attached hydrogens (tertiary/aromatic N) is 2. The van der Waals surface area contributed by atoms with Crippen molar-refractivity contribution in [1.29, 1.82) is 0 Å². The van der Waals surface area contributed by atoms with E-state index in [0.717, 1.165) is 12.8 Å². The van der Waals surface area contributed by atoms with Gasteiger partial charge in [0.15, 0.2) is 0 Å². The Balaban J connectivity index is 2.23. The van der Waals surface area contributed by atoms with Crippen LogP contribution in [-0.2, 0) is 4.79 Å². The van der Waals surface area contributed by atoms with Crippen LogP contribution in [0.5, 0.6) is 0 Å². The van der Waals surface area contributed by atoms with Gasteiger partial charge >= 0.3 is 0 Å². The zero-order valence-electron chi connectivity index (χ0n) is 7.46. The van der Waals surface area contributed by atoms with Crippen LogP contribution in [0.3, 0.4) is 0 Å². The molecule has 0 unspecified atom stereocenters. The van der Waals surface area contributed by atoms with E-state index in [0.29, 0.717) is 0 Å². The Hall–Kier alpha value is -1.10. The quantitative estimate of drug-likeness (QED) is 0.615. The molecule has 1 aliphatic carbocycles. The first-order valence-corrected chi connectivity index (χ1v) is 4.30. The number of carbonyl (C=O) groups excluding carboxylic acids is 1. The molecule has 0 bridgehead atoms. The van der Waals surface area contributed by atoms with Crippen molar-refractivity contribution in [3.05, 3.63) is 11.5 Å². The predicted molar refractivity (Wildman–Crippen MR) is 44.8 cm³/mol. The van der Waals surface area contributed by atoms with Crippen LogP contribution in [0.15, 0.2) is 11.5 Å². The number of hydrogen-bond donors (Lipinski definition) is 1. The molecule has 2 aliphatic rings. The van der Waals surface area contributed by atoms with Crippen molar-refractivity contribution < 1.29 is 9.18 Å². The van der Waals surface area contributed by atoms with Crippen LogP contribution in [0, 0.1) is 0 Å². The fourth-order valence-electron chi connectivity index (χ4n) is 1.60. The third kappa shape index (κ3) is 1.29. The highest BCUT2D eigenvalue weighted by Gasteiger charge is 2.40. The van der Waals surface area contributed by atoms with Gasteiger partial charge in [0.1, 0.15) is 0 Å². The first-order valence-electron chi connectivity index (χ1n) is 4.30. The Morgan fingerprint density at radius 2 is 2.23 bits per heavy atom. The summed E-state index contributed by atoms with van der Waals surface area (Å²) in [4.78, 5) is 10.8. The minimum absolute atomic E-state index is 0.0920. The van der Waals surface area contributed by atoms with Gasteiger partial charge in [-0.15, -0.1) is 0 Å². The summed E-state index contributed by atoms with van der Waals surface area (Å²) >= 11 is 0. The Bertz CT molecular complexity index is 285. The number of hydrazine groups is 1. The standard InChI is InChI=1S/C8H12FN3O/c1-11-4-6(8(10)13)7(9)12(11)5-2-3-5/h5H,2-4H2,1H3,(H2,10,13). The summed E-state index contributed by atoms with van der Waals surface area (Å²) in [5, 5.41) is 3.23. The van der Waals surface area contributed by atoms with Gasteiger partial charge in [-0.25, -0.2) is 5.01 Å². The smallest absolute Gasteiger partial charge is 0.250 e. The van der Waals surface area contributed by atoms with E-state index in [9.17, 15) is 9.18 Å². The predicted octanol–water partition coefficient (Wildman–Crippen LogP) is -0.0224. The Morgan fingerprint density at radius 3 is 2.62 bits per heavy atom. The zero-order valence-corrected chi connectivity index (χ0v) is 7.46. The average molecular weight is 185 g/mol. The molecule has 13 heavy (non-hydrogen) atoms. The topological polar surface area (TPSA) is 49.6 Å². The number of amides is 1. The van der Waals surface area contributed by atoms with E-state index in [2.05, 4.69) is 0 Å². The van der Waals surface area contributed by atoms with E-state index in [-0.39, 0.29) is 18.2 Å². The SMILES string of the molecule is CN1CC(C(N)=O)=C(F)N1C1CC1. The molecule has 0 atom stereocenters. The van der Waals surface area contributed by atoms with E-state index >= 15 is 0 Å². The van der Waals surface area contributed by atoms with Crippen molar-refractivity contribution in [1.82, 2.24) is 10.0 Å². The lowest BCUT2D eigenvalue weighted by Crippen LogP contribution is -2.35. The molecule has 0 radical (unpaired) electrons. The number of nitrogens with two attached hydrogens (primary N) is 1. The van der Waals surface area contributed by atoms with E-state index < -0.39 is 11.9 Å². The lowest BCUT2D eigenvalue weighted by molar-refractivity contribution is -0.114. The minimum atomic E-state index is -0.660. The van der Waals surface area contributed by atoms with Gasteiger partial charge in [-0.05, 0) is 12.8 Å². The van der Waals surface area contributed by atoms with E-state index in [1.807, 2.05) is 0 Å². The fraction of sp³-hybridized carbons (Fsp3) is 0.625. The van der Waals surface area contributed by atoms with Crippen molar-refractivity contribution in [2.24, 2.45) is 5.73 Å². The number of rotatable bonds is 2. The fourth-order valence-corrected chi connectivity index (χ4v) is 1.60. The average Bonchev–Trinajstić information content (AvgIpc) is 2.80. The van der Waals surface area contributed by atoms with Crippen molar-refractivity contribution in [3.8, 4) is 0 Å². The summed E-state index contributed by atoms with van der Waals surface area (Å²) in [6, 6.07) is 0.238. The summed E-state index contributed by atoms with van der Waals surface area (Å²) in [7, 11) is 1.76. The highest BCUT2D eigenvalue weighted by atomic mass is 19.1. The van der Waals surface area contributed by atoms with Crippen LogP contribution < -0.4 is 5.73 Å². The molecular formula is C8H12FN3O. The molecule has 5 heteroatoms. The third-order valence-corrected chi connectivity index (χ3v) is 2.40. The summed E-state index contributed by atoms with van der Waals surface area (Å²) < 4.78 is 13.5. The number of likely N-dealkylation sites (N-methyl/N-ethyl adjacent to an activating group) is 1. The third-order valence-electron chi connectivity index (χ3n) is 2.40. The second kappa shape index (κ2) is 2.70. The minimum Gasteiger partial charge on any atom is -0.366 e. The maximum atomic E-state index is 13.5. The van der Waals surface area contributed by atoms with Crippen LogP contribution >= 0.6 is 0 Å². The largest absolute Gasteiger partial charge is 0.366 e. The number of carbonyl (C=O) groups is 1. The van der Waals surface area contributed by atoms with Crippen molar-refractivity contribution in [3.63, 3.8) is 0 Å². The molecule has 0 aromatic heterocycles. The molecule has 72 valence electrons. The molecule has 0 aromatic rings.